The van der Waals surface area contributed by atoms with Crippen LogP contribution in [0.3, 0.4) is 0 Å². The summed E-state index contributed by atoms with van der Waals surface area (Å²) < 4.78 is 5.12. The molecule has 0 unspecified atom stereocenters. The molecule has 5 heteroatoms. The second kappa shape index (κ2) is 10.2. The van der Waals surface area contributed by atoms with Crippen LogP contribution in [0, 0.1) is 13.8 Å². The maximum atomic E-state index is 12.7. The molecule has 0 fully saturated rings. The quantitative estimate of drug-likeness (QED) is 0.680. The minimum absolute atomic E-state index is 0.0824. The van der Waals surface area contributed by atoms with Crippen molar-refractivity contribution in [1.29, 1.82) is 0 Å². The fraction of sp³-hybridized carbons (Fsp3) is 0.381. The van der Waals surface area contributed by atoms with Crippen molar-refractivity contribution in [3.05, 3.63) is 69.7 Å². The fourth-order valence-corrected chi connectivity index (χ4v) is 2.89. The number of amides is 2. The predicted molar refractivity (Wildman–Crippen MR) is 107 cm³/mol. The second-order valence-electron chi connectivity index (χ2n) is 6.44. The van der Waals surface area contributed by atoms with Gasteiger partial charge in [0.25, 0.3) is 0 Å². The minimum Gasteiger partial charge on any atom is -0.385 e. The third-order valence-corrected chi connectivity index (χ3v) is 4.78. The third kappa shape index (κ3) is 6.04. The summed E-state index contributed by atoms with van der Waals surface area (Å²) in [4.78, 5) is 14.5. The summed E-state index contributed by atoms with van der Waals surface area (Å²) in [5, 5.41) is 3.73. The molecular formula is C21H27ClN2O2. The highest BCUT2D eigenvalue weighted by Crippen LogP contribution is 2.18. The van der Waals surface area contributed by atoms with Crippen LogP contribution in [0.25, 0.3) is 0 Å². The van der Waals surface area contributed by atoms with E-state index in [1.54, 1.807) is 7.11 Å². The van der Waals surface area contributed by atoms with Gasteiger partial charge in [-0.25, -0.2) is 4.79 Å². The van der Waals surface area contributed by atoms with Crippen molar-refractivity contribution in [2.24, 2.45) is 0 Å². The first-order chi connectivity index (χ1) is 12.5. The van der Waals surface area contributed by atoms with Crippen molar-refractivity contribution in [1.82, 2.24) is 10.2 Å². The highest BCUT2D eigenvalue weighted by molar-refractivity contribution is 6.31. The molecule has 2 rings (SSSR count). The van der Waals surface area contributed by atoms with E-state index in [0.717, 1.165) is 23.1 Å². The number of nitrogens with one attached hydrogen (secondary N) is 1. The smallest absolute Gasteiger partial charge is 0.317 e. The Kier molecular flexibility index (Phi) is 7.95. The molecule has 0 saturated carbocycles. The molecule has 0 aliphatic rings. The molecule has 0 atom stereocenters. The molecule has 2 aromatic carbocycles. The van der Waals surface area contributed by atoms with E-state index in [-0.39, 0.29) is 6.03 Å². The summed E-state index contributed by atoms with van der Waals surface area (Å²) in [6.07, 6.45) is 0.798. The van der Waals surface area contributed by atoms with E-state index in [1.807, 2.05) is 30.0 Å². The van der Waals surface area contributed by atoms with Gasteiger partial charge in [-0.1, -0.05) is 53.6 Å². The van der Waals surface area contributed by atoms with Gasteiger partial charge in [0.15, 0.2) is 0 Å². The molecule has 0 aliphatic heterocycles. The average Bonchev–Trinajstić information content (AvgIpc) is 2.63. The first-order valence-corrected chi connectivity index (χ1v) is 9.20. The Bertz CT molecular complexity index is 716. The van der Waals surface area contributed by atoms with Crippen LogP contribution in [0.15, 0.2) is 42.5 Å². The van der Waals surface area contributed by atoms with E-state index in [0.29, 0.717) is 31.3 Å². The molecule has 0 saturated heterocycles. The number of halogens is 1. The highest BCUT2D eigenvalue weighted by atomic mass is 35.5. The summed E-state index contributed by atoms with van der Waals surface area (Å²) in [7, 11) is 1.67. The number of aryl methyl sites for hydroxylation is 1. The lowest BCUT2D eigenvalue weighted by atomic mass is 10.1. The third-order valence-electron chi connectivity index (χ3n) is 4.37. The zero-order chi connectivity index (χ0) is 18.9. The average molecular weight is 375 g/mol. The summed E-state index contributed by atoms with van der Waals surface area (Å²) in [5.41, 5.74) is 4.35. The molecule has 0 aliphatic carbocycles. The number of rotatable bonds is 8. The van der Waals surface area contributed by atoms with E-state index in [1.165, 1.54) is 5.56 Å². The molecule has 0 heterocycles. The van der Waals surface area contributed by atoms with Gasteiger partial charge in [-0.05, 0) is 43.0 Å². The van der Waals surface area contributed by atoms with Crippen LogP contribution < -0.4 is 5.32 Å². The number of urea groups is 1. The van der Waals surface area contributed by atoms with Crippen LogP contribution in [-0.2, 0) is 17.8 Å². The van der Waals surface area contributed by atoms with E-state index >= 15 is 0 Å². The first kappa shape index (κ1) is 20.3. The van der Waals surface area contributed by atoms with Crippen LogP contribution >= 0.6 is 11.6 Å². The molecule has 0 radical (unpaired) electrons. The van der Waals surface area contributed by atoms with Gasteiger partial charge >= 0.3 is 6.03 Å². The molecule has 0 bridgehead atoms. The molecule has 26 heavy (non-hydrogen) atoms. The van der Waals surface area contributed by atoms with Crippen LogP contribution in [0.4, 0.5) is 4.79 Å². The SMILES string of the molecule is COCCCN(Cc1ccc(C)cc1)C(=O)NCc1cccc(Cl)c1C. The topological polar surface area (TPSA) is 41.6 Å². The van der Waals surface area contributed by atoms with E-state index in [4.69, 9.17) is 16.3 Å². The number of methoxy groups -OCH3 is 1. The Balaban J connectivity index is 2.01. The zero-order valence-corrected chi connectivity index (χ0v) is 16.5. The molecule has 2 aromatic rings. The molecule has 1 N–H and O–H groups in total. The number of carbonyl (C=O) groups excluding carboxylic acids is 1. The zero-order valence-electron chi connectivity index (χ0n) is 15.7. The molecule has 2 amide bonds. The lowest BCUT2D eigenvalue weighted by Crippen LogP contribution is -2.40. The maximum absolute atomic E-state index is 12.7. The normalized spacial score (nSPS) is 10.6. The second-order valence-corrected chi connectivity index (χ2v) is 6.84. The van der Waals surface area contributed by atoms with Gasteiger partial charge in [0.05, 0.1) is 0 Å². The summed E-state index contributed by atoms with van der Waals surface area (Å²) >= 11 is 6.16. The van der Waals surface area contributed by atoms with Crippen molar-refractivity contribution in [3.63, 3.8) is 0 Å². The maximum Gasteiger partial charge on any atom is 0.317 e. The number of benzene rings is 2. The van der Waals surface area contributed by atoms with Crippen LogP contribution in [-0.4, -0.2) is 31.2 Å². The first-order valence-electron chi connectivity index (χ1n) is 8.82. The molecular weight excluding hydrogens is 348 g/mol. The molecule has 140 valence electrons. The lowest BCUT2D eigenvalue weighted by Gasteiger charge is -2.23. The van der Waals surface area contributed by atoms with Crippen LogP contribution in [0.5, 0.6) is 0 Å². The number of nitrogens with zero attached hydrogens (tertiary/aromatic N) is 1. The summed E-state index contributed by atoms with van der Waals surface area (Å²) in [6, 6.07) is 13.9. The van der Waals surface area contributed by atoms with E-state index in [2.05, 4.69) is 36.5 Å². The summed E-state index contributed by atoms with van der Waals surface area (Å²) in [6.45, 7) is 6.32. The van der Waals surface area contributed by atoms with Crippen molar-refractivity contribution in [2.75, 3.05) is 20.3 Å². The predicted octanol–water partition coefficient (Wildman–Crippen LogP) is 4.71. The highest BCUT2D eigenvalue weighted by Gasteiger charge is 2.14. The van der Waals surface area contributed by atoms with Gasteiger partial charge in [0.2, 0.25) is 0 Å². The van der Waals surface area contributed by atoms with E-state index in [9.17, 15) is 4.79 Å². The van der Waals surface area contributed by atoms with Gasteiger partial charge in [0, 0.05) is 38.4 Å². The van der Waals surface area contributed by atoms with Crippen molar-refractivity contribution >= 4 is 17.6 Å². The van der Waals surface area contributed by atoms with Gasteiger partial charge in [-0.2, -0.15) is 0 Å². The van der Waals surface area contributed by atoms with Gasteiger partial charge < -0.3 is 15.0 Å². The van der Waals surface area contributed by atoms with Crippen LogP contribution in [0.1, 0.15) is 28.7 Å². The Hall–Kier alpha value is -2.04. The molecule has 0 aromatic heterocycles. The van der Waals surface area contributed by atoms with Gasteiger partial charge in [-0.3, -0.25) is 0 Å². The number of hydrogen-bond acceptors (Lipinski definition) is 2. The Labute approximate surface area is 161 Å². The van der Waals surface area contributed by atoms with Crippen molar-refractivity contribution in [2.45, 2.75) is 33.4 Å². The number of ether oxygens (including phenoxy) is 1. The number of carbonyl (C=O) groups is 1. The monoisotopic (exact) mass is 374 g/mol. The van der Waals surface area contributed by atoms with Crippen LogP contribution in [0.2, 0.25) is 5.02 Å². The Morgan fingerprint density at radius 3 is 2.58 bits per heavy atom. The van der Waals surface area contributed by atoms with Crippen molar-refractivity contribution < 1.29 is 9.53 Å². The minimum atomic E-state index is -0.0824. The van der Waals surface area contributed by atoms with E-state index < -0.39 is 0 Å². The van der Waals surface area contributed by atoms with Gasteiger partial charge in [0.1, 0.15) is 0 Å². The standard InChI is InChI=1S/C21H27ClN2O2/c1-16-8-10-18(11-9-16)15-24(12-5-13-26-3)21(25)23-14-19-6-4-7-20(22)17(19)2/h4,6-11H,5,12-15H2,1-3H3,(H,23,25). The largest absolute Gasteiger partial charge is 0.385 e. The fourth-order valence-electron chi connectivity index (χ4n) is 2.69. The number of hydrogen-bond donors (Lipinski definition) is 1. The summed E-state index contributed by atoms with van der Waals surface area (Å²) in [5.74, 6) is 0. The lowest BCUT2D eigenvalue weighted by molar-refractivity contribution is 0.165. The van der Waals surface area contributed by atoms with Gasteiger partial charge in [-0.15, -0.1) is 0 Å². The Morgan fingerprint density at radius 2 is 1.88 bits per heavy atom. The molecule has 4 nitrogen and oxygen atoms in total. The van der Waals surface area contributed by atoms with Crippen molar-refractivity contribution in [3.8, 4) is 0 Å². The Morgan fingerprint density at radius 1 is 1.15 bits per heavy atom. The molecule has 0 spiro atoms.